The number of nitrogen functional groups attached to an aromatic ring is 1. The summed E-state index contributed by atoms with van der Waals surface area (Å²) in [4.78, 5) is 9.99. The lowest BCUT2D eigenvalue weighted by Gasteiger charge is -2.24. The fraction of sp³-hybridized carbons (Fsp3) is 0.286. The van der Waals surface area contributed by atoms with Gasteiger partial charge in [0.15, 0.2) is 11.9 Å². The van der Waals surface area contributed by atoms with Crippen molar-refractivity contribution >= 4 is 17.6 Å². The summed E-state index contributed by atoms with van der Waals surface area (Å²) < 4.78 is 5.97. The number of nitrogens with zero attached hydrogens (tertiary/aromatic N) is 2. The van der Waals surface area contributed by atoms with E-state index in [1.165, 1.54) is 4.90 Å². The maximum absolute atomic E-state index is 5.97. The first-order chi connectivity index (χ1) is 9.26. The minimum atomic E-state index is -0.131. The normalized spacial score (nSPS) is 17.6. The van der Waals surface area contributed by atoms with E-state index in [2.05, 4.69) is 23.0 Å². The molecule has 0 bridgehead atoms. The van der Waals surface area contributed by atoms with Crippen LogP contribution in [0.25, 0.3) is 0 Å². The van der Waals surface area contributed by atoms with E-state index in [4.69, 9.17) is 10.5 Å². The SMILES string of the molecule is CCc1cc(N)nc(C2CSc3ccccc3O2)n1. The van der Waals surface area contributed by atoms with Gasteiger partial charge in [-0.25, -0.2) is 9.97 Å². The lowest BCUT2D eigenvalue weighted by molar-refractivity contribution is 0.210. The number of benzene rings is 1. The van der Waals surface area contributed by atoms with Gasteiger partial charge in [0, 0.05) is 22.4 Å². The van der Waals surface area contributed by atoms with E-state index < -0.39 is 0 Å². The third-order valence-electron chi connectivity index (χ3n) is 2.98. The minimum absolute atomic E-state index is 0.131. The summed E-state index contributed by atoms with van der Waals surface area (Å²) in [7, 11) is 0. The zero-order chi connectivity index (χ0) is 13.2. The second kappa shape index (κ2) is 5.09. The van der Waals surface area contributed by atoms with E-state index in [-0.39, 0.29) is 6.10 Å². The van der Waals surface area contributed by atoms with Crippen LogP contribution in [0.4, 0.5) is 5.82 Å². The quantitative estimate of drug-likeness (QED) is 0.911. The molecule has 1 aliphatic rings. The molecule has 3 rings (SSSR count). The molecule has 2 aromatic rings. The Morgan fingerprint density at radius 1 is 1.37 bits per heavy atom. The monoisotopic (exact) mass is 273 g/mol. The molecule has 98 valence electrons. The number of hydrogen-bond acceptors (Lipinski definition) is 5. The average Bonchev–Trinajstić information content (AvgIpc) is 2.46. The molecular weight excluding hydrogens is 258 g/mol. The number of aromatic nitrogens is 2. The predicted molar refractivity (Wildman–Crippen MR) is 76.4 cm³/mol. The van der Waals surface area contributed by atoms with E-state index in [1.807, 2.05) is 24.3 Å². The lowest BCUT2D eigenvalue weighted by Crippen LogP contribution is -2.19. The summed E-state index contributed by atoms with van der Waals surface area (Å²) in [5.41, 5.74) is 6.78. The summed E-state index contributed by atoms with van der Waals surface area (Å²) in [6.07, 6.45) is 0.713. The molecule has 1 aromatic heterocycles. The molecule has 0 radical (unpaired) electrons. The summed E-state index contributed by atoms with van der Waals surface area (Å²) in [5, 5.41) is 0. The number of fused-ring (bicyclic) bond motifs is 1. The molecule has 0 saturated heterocycles. The van der Waals surface area contributed by atoms with Crippen LogP contribution in [0, 0.1) is 0 Å². The van der Waals surface area contributed by atoms with Crippen molar-refractivity contribution in [2.45, 2.75) is 24.3 Å². The number of rotatable bonds is 2. The molecule has 0 aliphatic carbocycles. The molecule has 0 fully saturated rings. The van der Waals surface area contributed by atoms with Crippen LogP contribution in [-0.4, -0.2) is 15.7 Å². The van der Waals surface area contributed by atoms with Gasteiger partial charge in [0.05, 0.1) is 0 Å². The minimum Gasteiger partial charge on any atom is -0.480 e. The van der Waals surface area contributed by atoms with Crippen molar-refractivity contribution in [3.8, 4) is 5.75 Å². The number of para-hydroxylation sites is 1. The smallest absolute Gasteiger partial charge is 0.172 e. The molecule has 2 heterocycles. The second-order valence-corrected chi connectivity index (χ2v) is 5.42. The fourth-order valence-electron chi connectivity index (χ4n) is 2.01. The highest BCUT2D eigenvalue weighted by molar-refractivity contribution is 7.99. The van der Waals surface area contributed by atoms with Crippen LogP contribution in [0.5, 0.6) is 5.75 Å². The number of ether oxygens (including phenoxy) is 1. The van der Waals surface area contributed by atoms with Gasteiger partial charge in [-0.05, 0) is 18.6 Å². The van der Waals surface area contributed by atoms with E-state index in [9.17, 15) is 0 Å². The van der Waals surface area contributed by atoms with Crippen LogP contribution in [0.15, 0.2) is 35.2 Å². The number of anilines is 1. The van der Waals surface area contributed by atoms with Gasteiger partial charge < -0.3 is 10.5 Å². The first kappa shape index (κ1) is 12.3. The van der Waals surface area contributed by atoms with E-state index >= 15 is 0 Å². The third-order valence-corrected chi connectivity index (χ3v) is 4.09. The van der Waals surface area contributed by atoms with Crippen molar-refractivity contribution in [3.63, 3.8) is 0 Å². The van der Waals surface area contributed by atoms with Gasteiger partial charge in [-0.15, -0.1) is 11.8 Å². The molecule has 1 atom stereocenters. The van der Waals surface area contributed by atoms with Crippen molar-refractivity contribution in [2.75, 3.05) is 11.5 Å². The van der Waals surface area contributed by atoms with Gasteiger partial charge >= 0.3 is 0 Å². The van der Waals surface area contributed by atoms with E-state index in [1.54, 1.807) is 11.8 Å². The molecule has 0 spiro atoms. The van der Waals surface area contributed by atoms with Gasteiger partial charge in [-0.1, -0.05) is 19.1 Å². The topological polar surface area (TPSA) is 61.0 Å². The van der Waals surface area contributed by atoms with Crippen molar-refractivity contribution in [1.82, 2.24) is 9.97 Å². The van der Waals surface area contributed by atoms with Crippen molar-refractivity contribution < 1.29 is 4.74 Å². The molecule has 1 aromatic carbocycles. The lowest BCUT2D eigenvalue weighted by atomic mass is 10.2. The summed E-state index contributed by atoms with van der Waals surface area (Å²) >= 11 is 1.77. The Balaban J connectivity index is 1.90. The molecule has 1 aliphatic heterocycles. The first-order valence-electron chi connectivity index (χ1n) is 6.28. The van der Waals surface area contributed by atoms with Crippen LogP contribution in [-0.2, 0) is 6.42 Å². The molecule has 0 saturated carbocycles. The zero-order valence-electron chi connectivity index (χ0n) is 10.7. The number of hydrogen-bond donors (Lipinski definition) is 1. The van der Waals surface area contributed by atoms with Gasteiger partial charge in [0.25, 0.3) is 0 Å². The van der Waals surface area contributed by atoms with Crippen LogP contribution in [0.3, 0.4) is 0 Å². The van der Waals surface area contributed by atoms with Gasteiger partial charge in [-0.3, -0.25) is 0 Å². The van der Waals surface area contributed by atoms with E-state index in [0.717, 1.165) is 23.6 Å². The predicted octanol–water partition coefficient (Wildman–Crippen LogP) is 2.85. The van der Waals surface area contributed by atoms with Crippen LogP contribution < -0.4 is 10.5 Å². The molecule has 19 heavy (non-hydrogen) atoms. The maximum atomic E-state index is 5.97. The van der Waals surface area contributed by atoms with Crippen molar-refractivity contribution in [2.24, 2.45) is 0 Å². The maximum Gasteiger partial charge on any atom is 0.172 e. The second-order valence-electron chi connectivity index (χ2n) is 4.36. The van der Waals surface area contributed by atoms with Crippen LogP contribution >= 0.6 is 11.8 Å². The Kier molecular flexibility index (Phi) is 3.29. The Labute approximate surface area is 116 Å². The third kappa shape index (κ3) is 2.51. The molecule has 4 nitrogen and oxygen atoms in total. The average molecular weight is 273 g/mol. The highest BCUT2D eigenvalue weighted by Gasteiger charge is 2.24. The van der Waals surface area contributed by atoms with Gasteiger partial charge in [-0.2, -0.15) is 0 Å². The fourth-order valence-corrected chi connectivity index (χ4v) is 2.99. The Bertz CT molecular complexity index is 603. The highest BCUT2D eigenvalue weighted by Crippen LogP contribution is 2.39. The number of thioether (sulfide) groups is 1. The summed E-state index contributed by atoms with van der Waals surface area (Å²) in [6.45, 7) is 2.05. The van der Waals surface area contributed by atoms with Crippen molar-refractivity contribution in [1.29, 1.82) is 0 Å². The largest absolute Gasteiger partial charge is 0.480 e. The Morgan fingerprint density at radius 3 is 3.05 bits per heavy atom. The molecular formula is C14H15N3OS. The summed E-state index contributed by atoms with van der Waals surface area (Å²) in [5.74, 6) is 2.89. The molecule has 0 amide bonds. The summed E-state index contributed by atoms with van der Waals surface area (Å²) in [6, 6.07) is 9.84. The van der Waals surface area contributed by atoms with Gasteiger partial charge in [0.2, 0.25) is 0 Å². The Morgan fingerprint density at radius 2 is 2.21 bits per heavy atom. The van der Waals surface area contributed by atoms with Crippen molar-refractivity contribution in [3.05, 3.63) is 41.9 Å². The Hall–Kier alpha value is -1.75. The highest BCUT2D eigenvalue weighted by atomic mass is 32.2. The number of aryl methyl sites for hydroxylation is 1. The standard InChI is InChI=1S/C14H15N3OS/c1-2-9-7-13(15)17-14(16-9)11-8-19-12-6-4-3-5-10(12)18-11/h3-7,11H,2,8H2,1H3,(H2,15,16,17). The van der Waals surface area contributed by atoms with Crippen LogP contribution in [0.1, 0.15) is 24.5 Å². The molecule has 1 unspecified atom stereocenters. The zero-order valence-corrected chi connectivity index (χ0v) is 11.5. The molecule has 2 N–H and O–H groups in total. The van der Waals surface area contributed by atoms with E-state index in [0.29, 0.717) is 11.6 Å². The van der Waals surface area contributed by atoms with Crippen LogP contribution in [0.2, 0.25) is 0 Å². The van der Waals surface area contributed by atoms with Gasteiger partial charge in [0.1, 0.15) is 11.6 Å². The number of nitrogens with two attached hydrogens (primary N) is 1. The molecule has 5 heteroatoms. The first-order valence-corrected chi connectivity index (χ1v) is 7.26.